The molecule has 0 atom stereocenters. The Labute approximate surface area is 128 Å². The average Bonchev–Trinajstić information content (AvgIpc) is 3.30. The largest absolute Gasteiger partial charge is 0.383 e. The number of methoxy groups -OCH3 is 1. The molecule has 118 valence electrons. The summed E-state index contributed by atoms with van der Waals surface area (Å²) in [7, 11) is 1.75. The summed E-state index contributed by atoms with van der Waals surface area (Å²) in [5.41, 5.74) is 1.23. The summed E-state index contributed by atoms with van der Waals surface area (Å²) >= 11 is 0. The van der Waals surface area contributed by atoms with E-state index in [9.17, 15) is 0 Å². The van der Waals surface area contributed by atoms with Crippen molar-refractivity contribution in [1.82, 2.24) is 9.97 Å². The fraction of sp³-hybridized carbons (Fsp3) is 0.750. The molecule has 1 aliphatic rings. The predicted molar refractivity (Wildman–Crippen MR) is 87.1 cm³/mol. The Morgan fingerprint density at radius 1 is 1.38 bits per heavy atom. The molecular formula is C16H28N4O. The van der Waals surface area contributed by atoms with Gasteiger partial charge in [0.25, 0.3) is 0 Å². The molecule has 21 heavy (non-hydrogen) atoms. The summed E-state index contributed by atoms with van der Waals surface area (Å²) in [4.78, 5) is 11.5. The van der Waals surface area contributed by atoms with Crippen molar-refractivity contribution < 1.29 is 4.74 Å². The molecule has 2 rings (SSSR count). The number of hydrogen-bond donors (Lipinski definition) is 1. The van der Waals surface area contributed by atoms with Gasteiger partial charge in [-0.15, -0.1) is 0 Å². The monoisotopic (exact) mass is 292 g/mol. The Balaban J connectivity index is 2.30. The molecule has 1 N–H and O–H groups in total. The zero-order chi connectivity index (χ0) is 15.2. The SMILES string of the molecule is CCCNc1ncnc(N(CCOC)C2CC2)c1C(C)C. The molecule has 0 bridgehead atoms. The van der Waals surface area contributed by atoms with E-state index < -0.39 is 0 Å². The molecule has 0 saturated heterocycles. The summed E-state index contributed by atoms with van der Waals surface area (Å²) in [6.07, 6.45) is 5.28. The van der Waals surface area contributed by atoms with Gasteiger partial charge in [0.05, 0.1) is 6.61 Å². The highest BCUT2D eigenvalue weighted by Crippen LogP contribution is 2.37. The van der Waals surface area contributed by atoms with Crippen molar-refractivity contribution in [2.45, 2.75) is 52.0 Å². The lowest BCUT2D eigenvalue weighted by Crippen LogP contribution is -2.31. The maximum Gasteiger partial charge on any atom is 0.137 e. The van der Waals surface area contributed by atoms with Crippen molar-refractivity contribution in [3.05, 3.63) is 11.9 Å². The van der Waals surface area contributed by atoms with Crippen LogP contribution < -0.4 is 10.2 Å². The van der Waals surface area contributed by atoms with E-state index >= 15 is 0 Å². The normalized spacial score (nSPS) is 14.5. The van der Waals surface area contributed by atoms with Crippen LogP contribution in [-0.4, -0.2) is 42.8 Å². The lowest BCUT2D eigenvalue weighted by Gasteiger charge is -2.27. The minimum atomic E-state index is 0.393. The summed E-state index contributed by atoms with van der Waals surface area (Å²) in [6.45, 7) is 9.15. The molecule has 1 fully saturated rings. The first-order valence-corrected chi connectivity index (χ1v) is 8.03. The molecular weight excluding hydrogens is 264 g/mol. The van der Waals surface area contributed by atoms with Crippen LogP contribution in [0, 0.1) is 0 Å². The third-order valence-electron chi connectivity index (χ3n) is 3.78. The maximum atomic E-state index is 5.27. The zero-order valence-electron chi connectivity index (χ0n) is 13.7. The fourth-order valence-corrected chi connectivity index (χ4v) is 2.57. The van der Waals surface area contributed by atoms with Gasteiger partial charge in [-0.2, -0.15) is 0 Å². The van der Waals surface area contributed by atoms with E-state index in [-0.39, 0.29) is 0 Å². The third-order valence-corrected chi connectivity index (χ3v) is 3.78. The van der Waals surface area contributed by atoms with Crippen molar-refractivity contribution in [3.8, 4) is 0 Å². The summed E-state index contributed by atoms with van der Waals surface area (Å²) in [5, 5.41) is 3.45. The molecule has 5 nitrogen and oxygen atoms in total. The number of hydrogen-bond acceptors (Lipinski definition) is 5. The second kappa shape index (κ2) is 7.59. The van der Waals surface area contributed by atoms with Gasteiger partial charge in [-0.3, -0.25) is 0 Å². The Kier molecular flexibility index (Phi) is 5.79. The van der Waals surface area contributed by atoms with Gasteiger partial charge in [-0.25, -0.2) is 9.97 Å². The summed E-state index contributed by atoms with van der Waals surface area (Å²) in [5.74, 6) is 2.46. The molecule has 0 aliphatic heterocycles. The summed E-state index contributed by atoms with van der Waals surface area (Å²) in [6, 6.07) is 0.617. The Hall–Kier alpha value is -1.36. The van der Waals surface area contributed by atoms with Crippen LogP contribution in [0.5, 0.6) is 0 Å². The van der Waals surface area contributed by atoms with Crippen molar-refractivity contribution in [2.24, 2.45) is 0 Å². The van der Waals surface area contributed by atoms with Crippen molar-refractivity contribution in [2.75, 3.05) is 37.0 Å². The quantitative estimate of drug-likeness (QED) is 0.758. The van der Waals surface area contributed by atoms with Crippen LogP contribution in [0.15, 0.2) is 6.33 Å². The first-order valence-electron chi connectivity index (χ1n) is 8.03. The molecule has 0 unspecified atom stereocenters. The van der Waals surface area contributed by atoms with Gasteiger partial charge >= 0.3 is 0 Å². The third kappa shape index (κ3) is 4.06. The Bertz CT molecular complexity index is 446. The molecule has 0 aromatic carbocycles. The van der Waals surface area contributed by atoms with Crippen molar-refractivity contribution in [1.29, 1.82) is 0 Å². The van der Waals surface area contributed by atoms with Crippen LogP contribution in [0.2, 0.25) is 0 Å². The lowest BCUT2D eigenvalue weighted by atomic mass is 10.0. The van der Waals surface area contributed by atoms with Gasteiger partial charge < -0.3 is 15.0 Å². The van der Waals surface area contributed by atoms with Crippen LogP contribution in [-0.2, 0) is 4.74 Å². The number of ether oxygens (including phenoxy) is 1. The van der Waals surface area contributed by atoms with E-state index in [0.717, 1.165) is 37.8 Å². The van der Waals surface area contributed by atoms with E-state index in [4.69, 9.17) is 4.74 Å². The van der Waals surface area contributed by atoms with E-state index in [1.165, 1.54) is 18.4 Å². The number of nitrogens with one attached hydrogen (secondary N) is 1. The number of anilines is 2. The number of rotatable bonds is 9. The van der Waals surface area contributed by atoms with Gasteiger partial charge in [-0.05, 0) is 25.2 Å². The van der Waals surface area contributed by atoms with E-state index in [2.05, 4.69) is 41.0 Å². The lowest BCUT2D eigenvalue weighted by molar-refractivity contribution is 0.204. The predicted octanol–water partition coefficient (Wildman–Crippen LogP) is 3.04. The fourth-order valence-electron chi connectivity index (χ4n) is 2.57. The van der Waals surface area contributed by atoms with Crippen LogP contribution in [0.25, 0.3) is 0 Å². The number of aromatic nitrogens is 2. The van der Waals surface area contributed by atoms with Gasteiger partial charge in [0.2, 0.25) is 0 Å². The average molecular weight is 292 g/mol. The molecule has 0 radical (unpaired) electrons. The standard InChI is InChI=1S/C16H28N4O/c1-5-8-17-15-14(12(2)3)16(19-11-18-15)20(9-10-21-4)13-6-7-13/h11-13H,5-10H2,1-4H3,(H,17,18,19). The van der Waals surface area contributed by atoms with E-state index in [0.29, 0.717) is 12.0 Å². The van der Waals surface area contributed by atoms with Gasteiger partial charge in [0.1, 0.15) is 18.0 Å². The Morgan fingerprint density at radius 3 is 2.71 bits per heavy atom. The van der Waals surface area contributed by atoms with Gasteiger partial charge in [-0.1, -0.05) is 20.8 Å². The highest BCUT2D eigenvalue weighted by atomic mass is 16.5. The van der Waals surface area contributed by atoms with E-state index in [1.54, 1.807) is 13.4 Å². The first kappa shape index (κ1) is 16.0. The first-order chi connectivity index (χ1) is 10.2. The molecule has 0 amide bonds. The minimum absolute atomic E-state index is 0.393. The molecule has 0 spiro atoms. The van der Waals surface area contributed by atoms with Crippen LogP contribution in [0.4, 0.5) is 11.6 Å². The van der Waals surface area contributed by atoms with Crippen LogP contribution in [0.1, 0.15) is 51.5 Å². The van der Waals surface area contributed by atoms with Crippen LogP contribution in [0.3, 0.4) is 0 Å². The topological polar surface area (TPSA) is 50.3 Å². The highest BCUT2D eigenvalue weighted by molar-refractivity contribution is 5.61. The molecule has 1 heterocycles. The molecule has 1 saturated carbocycles. The van der Waals surface area contributed by atoms with Crippen molar-refractivity contribution >= 4 is 11.6 Å². The second-order valence-corrected chi connectivity index (χ2v) is 5.96. The molecule has 1 aliphatic carbocycles. The summed E-state index contributed by atoms with van der Waals surface area (Å²) < 4.78 is 5.27. The Morgan fingerprint density at radius 2 is 2.14 bits per heavy atom. The minimum Gasteiger partial charge on any atom is -0.383 e. The molecule has 1 aromatic heterocycles. The number of nitrogens with zero attached hydrogens (tertiary/aromatic N) is 3. The molecule has 5 heteroatoms. The van der Waals surface area contributed by atoms with Crippen molar-refractivity contribution in [3.63, 3.8) is 0 Å². The highest BCUT2D eigenvalue weighted by Gasteiger charge is 2.32. The maximum absolute atomic E-state index is 5.27. The smallest absolute Gasteiger partial charge is 0.137 e. The van der Waals surface area contributed by atoms with E-state index in [1.807, 2.05) is 0 Å². The van der Waals surface area contributed by atoms with Gasteiger partial charge in [0, 0.05) is 31.8 Å². The second-order valence-electron chi connectivity index (χ2n) is 5.96. The molecule has 1 aromatic rings. The van der Waals surface area contributed by atoms with Crippen LogP contribution >= 0.6 is 0 Å². The zero-order valence-corrected chi connectivity index (χ0v) is 13.7. The van der Waals surface area contributed by atoms with Gasteiger partial charge in [0.15, 0.2) is 0 Å².